The molecule has 0 aliphatic carbocycles. The summed E-state index contributed by atoms with van der Waals surface area (Å²) in [5.74, 6) is 0. The lowest BCUT2D eigenvalue weighted by atomic mass is 10.3. The monoisotopic (exact) mass is 351 g/mol. The summed E-state index contributed by atoms with van der Waals surface area (Å²) in [6.07, 6.45) is 7.16. The lowest BCUT2D eigenvalue weighted by Crippen LogP contribution is -2.03. The van der Waals surface area contributed by atoms with Gasteiger partial charge in [-0.05, 0) is 34.5 Å². The molecule has 0 spiro atoms. The van der Waals surface area contributed by atoms with Gasteiger partial charge in [0.2, 0.25) is 0 Å². The van der Waals surface area contributed by atoms with Gasteiger partial charge in [-0.2, -0.15) is 0 Å². The highest BCUT2D eigenvalue weighted by Gasteiger charge is 2.05. The van der Waals surface area contributed by atoms with Crippen LogP contribution in [-0.4, -0.2) is 19.4 Å². The highest BCUT2D eigenvalue weighted by Crippen LogP contribution is 2.17. The van der Waals surface area contributed by atoms with Crippen LogP contribution in [0.25, 0.3) is 5.65 Å². The van der Waals surface area contributed by atoms with E-state index in [4.69, 9.17) is 11.6 Å². The Hall–Kier alpha value is -1.66. The number of fused-ring (bicyclic) bond motifs is 1. The van der Waals surface area contributed by atoms with Crippen LogP contribution in [0.2, 0.25) is 5.15 Å². The van der Waals surface area contributed by atoms with Crippen LogP contribution < -0.4 is 5.32 Å². The highest BCUT2D eigenvalue weighted by molar-refractivity contribution is 9.10. The molecule has 102 valence electrons. The molecule has 0 fully saturated rings. The van der Waals surface area contributed by atoms with Gasteiger partial charge in [-0.25, -0.2) is 15.0 Å². The fraction of sp³-hybridized carbons (Fsp3) is 0.154. The minimum atomic E-state index is 0.528. The molecule has 0 amide bonds. The Balaban J connectivity index is 1.83. The third-order valence-corrected chi connectivity index (χ3v) is 3.73. The largest absolute Gasteiger partial charge is 0.378 e. The fourth-order valence-corrected chi connectivity index (χ4v) is 2.30. The first-order valence-corrected chi connectivity index (χ1v) is 7.14. The third-order valence-electron chi connectivity index (χ3n) is 2.93. The molecule has 0 saturated carbocycles. The maximum atomic E-state index is 5.91. The smallest absolute Gasteiger partial charge is 0.155 e. The van der Waals surface area contributed by atoms with Crippen molar-refractivity contribution in [2.45, 2.75) is 13.5 Å². The van der Waals surface area contributed by atoms with Crippen LogP contribution in [0.1, 0.15) is 11.3 Å². The van der Waals surface area contributed by atoms with E-state index in [0.29, 0.717) is 11.7 Å². The molecule has 5 nitrogen and oxygen atoms in total. The van der Waals surface area contributed by atoms with Crippen LogP contribution in [0.15, 0.2) is 35.5 Å². The third kappa shape index (κ3) is 2.62. The SMILES string of the molecule is Cc1cc(NCc2cnc3cnc(Br)cn23)cnc1Cl. The van der Waals surface area contributed by atoms with E-state index < -0.39 is 0 Å². The topological polar surface area (TPSA) is 55.1 Å². The van der Waals surface area contributed by atoms with E-state index in [-0.39, 0.29) is 0 Å². The zero-order valence-electron chi connectivity index (χ0n) is 10.6. The number of anilines is 1. The number of nitrogens with zero attached hydrogens (tertiary/aromatic N) is 4. The molecule has 7 heteroatoms. The average molecular weight is 353 g/mol. The quantitative estimate of drug-likeness (QED) is 0.733. The van der Waals surface area contributed by atoms with E-state index in [1.54, 1.807) is 12.4 Å². The number of pyridine rings is 1. The minimum Gasteiger partial charge on any atom is -0.378 e. The van der Waals surface area contributed by atoms with Gasteiger partial charge >= 0.3 is 0 Å². The zero-order chi connectivity index (χ0) is 14.1. The van der Waals surface area contributed by atoms with E-state index in [0.717, 1.165) is 27.2 Å². The lowest BCUT2D eigenvalue weighted by molar-refractivity contribution is 0.981. The summed E-state index contributed by atoms with van der Waals surface area (Å²) in [6.45, 7) is 2.57. The molecule has 0 unspecified atom stereocenters. The van der Waals surface area contributed by atoms with Gasteiger partial charge in [0.15, 0.2) is 5.65 Å². The van der Waals surface area contributed by atoms with Crippen molar-refractivity contribution in [1.82, 2.24) is 19.4 Å². The summed E-state index contributed by atoms with van der Waals surface area (Å²) in [6, 6.07) is 1.97. The predicted octanol–water partition coefficient (Wildman–Crippen LogP) is 3.46. The van der Waals surface area contributed by atoms with E-state index >= 15 is 0 Å². The van der Waals surface area contributed by atoms with Crippen LogP contribution in [0.5, 0.6) is 0 Å². The number of aryl methyl sites for hydroxylation is 1. The van der Waals surface area contributed by atoms with Gasteiger partial charge in [0.05, 0.1) is 36.5 Å². The standard InChI is InChI=1S/C13H11BrClN5/c1-8-2-9(3-19-13(8)15)16-4-10-5-18-12-6-17-11(14)7-20(10)12/h2-3,5-7,16H,4H2,1H3. The van der Waals surface area contributed by atoms with Crippen molar-refractivity contribution in [2.24, 2.45) is 0 Å². The van der Waals surface area contributed by atoms with E-state index in [2.05, 4.69) is 36.2 Å². The van der Waals surface area contributed by atoms with Gasteiger partial charge in [0.1, 0.15) is 9.76 Å². The second-order valence-electron chi connectivity index (χ2n) is 4.37. The second kappa shape index (κ2) is 5.38. The van der Waals surface area contributed by atoms with E-state index in [1.165, 1.54) is 0 Å². The van der Waals surface area contributed by atoms with Crippen molar-refractivity contribution in [1.29, 1.82) is 0 Å². The molecule has 0 aliphatic heterocycles. The van der Waals surface area contributed by atoms with Gasteiger partial charge in [-0.15, -0.1) is 0 Å². The molecule has 0 saturated heterocycles. The Morgan fingerprint density at radius 2 is 2.10 bits per heavy atom. The van der Waals surface area contributed by atoms with Crippen LogP contribution in [-0.2, 0) is 6.54 Å². The summed E-state index contributed by atoms with van der Waals surface area (Å²) in [4.78, 5) is 12.6. The van der Waals surface area contributed by atoms with Gasteiger partial charge in [0, 0.05) is 6.20 Å². The van der Waals surface area contributed by atoms with Crippen LogP contribution >= 0.6 is 27.5 Å². The van der Waals surface area contributed by atoms with Crippen molar-refractivity contribution in [2.75, 3.05) is 5.32 Å². The molecule has 0 aliphatic rings. The Morgan fingerprint density at radius 3 is 2.90 bits per heavy atom. The van der Waals surface area contributed by atoms with Crippen LogP contribution in [0.3, 0.4) is 0 Å². The summed E-state index contributed by atoms with van der Waals surface area (Å²) in [5, 5.41) is 3.84. The maximum absolute atomic E-state index is 5.91. The maximum Gasteiger partial charge on any atom is 0.155 e. The Morgan fingerprint density at radius 1 is 1.25 bits per heavy atom. The molecular formula is C13H11BrClN5. The molecule has 0 radical (unpaired) electrons. The normalized spacial score (nSPS) is 10.9. The summed E-state index contributed by atoms with van der Waals surface area (Å²) >= 11 is 9.27. The molecule has 20 heavy (non-hydrogen) atoms. The van der Waals surface area contributed by atoms with Crippen molar-refractivity contribution < 1.29 is 0 Å². The molecular weight excluding hydrogens is 342 g/mol. The fourth-order valence-electron chi connectivity index (χ4n) is 1.89. The van der Waals surface area contributed by atoms with Crippen molar-refractivity contribution >= 4 is 38.9 Å². The number of hydrogen-bond acceptors (Lipinski definition) is 4. The highest BCUT2D eigenvalue weighted by atomic mass is 79.9. The van der Waals surface area contributed by atoms with Crippen molar-refractivity contribution in [3.63, 3.8) is 0 Å². The van der Waals surface area contributed by atoms with Crippen molar-refractivity contribution in [3.8, 4) is 0 Å². The molecule has 3 aromatic heterocycles. The Labute approximate surface area is 129 Å². The average Bonchev–Trinajstić information content (AvgIpc) is 2.82. The Bertz CT molecular complexity index is 771. The molecule has 3 aromatic rings. The van der Waals surface area contributed by atoms with Crippen LogP contribution in [0.4, 0.5) is 5.69 Å². The number of aromatic nitrogens is 4. The summed E-state index contributed by atoms with van der Waals surface area (Å²) < 4.78 is 2.76. The second-order valence-corrected chi connectivity index (χ2v) is 5.54. The number of halogens is 2. The van der Waals surface area contributed by atoms with Gasteiger partial charge in [-0.3, -0.25) is 4.40 Å². The molecule has 0 aromatic carbocycles. The van der Waals surface area contributed by atoms with Gasteiger partial charge in [-0.1, -0.05) is 11.6 Å². The van der Waals surface area contributed by atoms with Gasteiger partial charge < -0.3 is 5.32 Å². The number of imidazole rings is 1. The molecule has 0 atom stereocenters. The molecule has 3 heterocycles. The number of nitrogens with one attached hydrogen (secondary N) is 1. The lowest BCUT2D eigenvalue weighted by Gasteiger charge is -2.07. The first-order valence-electron chi connectivity index (χ1n) is 5.97. The summed E-state index contributed by atoms with van der Waals surface area (Å²) in [7, 11) is 0. The first kappa shape index (κ1) is 13.3. The summed E-state index contributed by atoms with van der Waals surface area (Å²) in [5.41, 5.74) is 3.72. The van der Waals surface area contributed by atoms with Gasteiger partial charge in [0.25, 0.3) is 0 Å². The van der Waals surface area contributed by atoms with Crippen LogP contribution in [0, 0.1) is 6.92 Å². The van der Waals surface area contributed by atoms with E-state index in [9.17, 15) is 0 Å². The number of hydrogen-bond donors (Lipinski definition) is 1. The molecule has 3 rings (SSSR count). The molecule has 0 bridgehead atoms. The minimum absolute atomic E-state index is 0.528. The zero-order valence-corrected chi connectivity index (χ0v) is 13.0. The predicted molar refractivity (Wildman–Crippen MR) is 82.0 cm³/mol. The van der Waals surface area contributed by atoms with Crippen molar-refractivity contribution in [3.05, 3.63) is 51.9 Å². The molecule has 1 N–H and O–H groups in total. The first-order chi connectivity index (χ1) is 9.63. The van der Waals surface area contributed by atoms with E-state index in [1.807, 2.05) is 29.8 Å². The number of rotatable bonds is 3. The Kier molecular flexibility index (Phi) is 3.58.